The van der Waals surface area contributed by atoms with E-state index >= 15 is 0 Å². The minimum Gasteiger partial charge on any atom is -0.504 e. The molecule has 3 rings (SSSR count). The van der Waals surface area contributed by atoms with Crippen molar-refractivity contribution in [3.05, 3.63) is 53.5 Å². The van der Waals surface area contributed by atoms with Crippen molar-refractivity contribution in [3.63, 3.8) is 0 Å². The van der Waals surface area contributed by atoms with Crippen molar-refractivity contribution in [2.24, 2.45) is 0 Å². The third-order valence-corrected chi connectivity index (χ3v) is 4.55. The maximum absolute atomic E-state index is 11.7. The highest BCUT2D eigenvalue weighted by molar-refractivity contribution is 7.18. The van der Waals surface area contributed by atoms with Crippen molar-refractivity contribution in [2.75, 3.05) is 13.2 Å². The highest BCUT2D eigenvalue weighted by atomic mass is 32.1. The third-order valence-electron chi connectivity index (χ3n) is 3.45. The van der Waals surface area contributed by atoms with Crippen LogP contribution in [0.5, 0.6) is 11.5 Å². The summed E-state index contributed by atoms with van der Waals surface area (Å²) >= 11 is 1.69. The molecule has 0 saturated heterocycles. The van der Waals surface area contributed by atoms with Gasteiger partial charge in [-0.15, -0.1) is 11.3 Å². The molecule has 2 aromatic carbocycles. The zero-order valence-corrected chi connectivity index (χ0v) is 13.9. The Morgan fingerprint density at radius 1 is 1.17 bits per heavy atom. The molecule has 0 saturated carbocycles. The lowest BCUT2D eigenvalue weighted by molar-refractivity contribution is -0.123. The van der Waals surface area contributed by atoms with Crippen molar-refractivity contribution >= 4 is 27.5 Å². The minimum atomic E-state index is -0.206. The fourth-order valence-electron chi connectivity index (χ4n) is 2.27. The molecule has 1 amide bonds. The number of thiazole rings is 1. The molecule has 0 aliphatic rings. The van der Waals surface area contributed by atoms with E-state index in [2.05, 4.69) is 16.4 Å². The Morgan fingerprint density at radius 2 is 1.96 bits per heavy atom. The number of carbonyl (C=O) groups excluding carboxylic acids is 1. The molecule has 0 radical (unpaired) electrons. The molecule has 124 valence electrons. The number of amides is 1. The van der Waals surface area contributed by atoms with Gasteiger partial charge in [-0.2, -0.15) is 0 Å². The molecule has 2 N–H and O–H groups in total. The summed E-state index contributed by atoms with van der Waals surface area (Å²) in [6.45, 7) is 0.456. The van der Waals surface area contributed by atoms with Crippen LogP contribution >= 0.6 is 11.3 Å². The summed E-state index contributed by atoms with van der Waals surface area (Å²) in [7, 11) is 0. The van der Waals surface area contributed by atoms with E-state index in [-0.39, 0.29) is 18.3 Å². The Hall–Kier alpha value is -2.60. The first-order valence-corrected chi connectivity index (χ1v) is 8.56. The van der Waals surface area contributed by atoms with Gasteiger partial charge in [-0.1, -0.05) is 24.3 Å². The van der Waals surface area contributed by atoms with Crippen LogP contribution in [0, 0.1) is 0 Å². The van der Waals surface area contributed by atoms with Crippen LogP contribution in [0.15, 0.2) is 48.5 Å². The summed E-state index contributed by atoms with van der Waals surface area (Å²) in [6, 6.07) is 14.6. The van der Waals surface area contributed by atoms with Crippen LogP contribution in [0.2, 0.25) is 0 Å². The lowest BCUT2D eigenvalue weighted by Gasteiger charge is -2.08. The molecule has 6 heteroatoms. The number of aryl methyl sites for hydroxylation is 1. The molecule has 5 nitrogen and oxygen atoms in total. The molecule has 0 atom stereocenters. The predicted octanol–water partition coefficient (Wildman–Crippen LogP) is 3.13. The molecule has 0 unspecified atom stereocenters. The van der Waals surface area contributed by atoms with Gasteiger partial charge in [-0.3, -0.25) is 4.79 Å². The van der Waals surface area contributed by atoms with E-state index in [0.29, 0.717) is 12.3 Å². The Kier molecular flexibility index (Phi) is 5.28. The average molecular weight is 342 g/mol. The van der Waals surface area contributed by atoms with Crippen molar-refractivity contribution in [1.82, 2.24) is 10.3 Å². The van der Waals surface area contributed by atoms with E-state index in [0.717, 1.165) is 23.4 Å². The molecule has 1 aromatic heterocycles. The Bertz CT molecular complexity index is 799. The van der Waals surface area contributed by atoms with Gasteiger partial charge in [0.1, 0.15) is 0 Å². The molecule has 0 aliphatic heterocycles. The summed E-state index contributed by atoms with van der Waals surface area (Å²) in [5.41, 5.74) is 1.03. The van der Waals surface area contributed by atoms with Crippen LogP contribution in [0.25, 0.3) is 10.2 Å². The zero-order valence-electron chi connectivity index (χ0n) is 13.1. The molecular weight excluding hydrogens is 324 g/mol. The molecule has 3 aromatic rings. The number of hydrogen-bond donors (Lipinski definition) is 2. The van der Waals surface area contributed by atoms with Crippen LogP contribution in [0.4, 0.5) is 0 Å². The summed E-state index contributed by atoms with van der Waals surface area (Å²) in [6.07, 6.45) is 1.65. The van der Waals surface area contributed by atoms with Crippen molar-refractivity contribution < 1.29 is 14.6 Å². The molecule has 0 spiro atoms. The molecule has 24 heavy (non-hydrogen) atoms. The highest BCUT2D eigenvalue weighted by Gasteiger charge is 2.06. The second kappa shape index (κ2) is 7.79. The standard InChI is InChI=1S/C18H18N2O3S/c21-14-7-2-3-8-15(14)23-12-17(22)19-11-5-10-18-20-13-6-1-4-9-16(13)24-18/h1-4,6-9,21H,5,10-12H2,(H,19,22). The Balaban J connectivity index is 1.38. The highest BCUT2D eigenvalue weighted by Crippen LogP contribution is 2.24. The smallest absolute Gasteiger partial charge is 0.257 e. The SMILES string of the molecule is O=C(COc1ccccc1O)NCCCc1nc2ccccc2s1. The van der Waals surface area contributed by atoms with Crippen LogP contribution in [-0.4, -0.2) is 29.1 Å². The van der Waals surface area contributed by atoms with E-state index in [1.807, 2.05) is 18.2 Å². The fraction of sp³-hybridized carbons (Fsp3) is 0.222. The van der Waals surface area contributed by atoms with Gasteiger partial charge in [0, 0.05) is 13.0 Å². The van der Waals surface area contributed by atoms with Crippen LogP contribution in [0.3, 0.4) is 0 Å². The van der Waals surface area contributed by atoms with E-state index in [9.17, 15) is 9.90 Å². The first kappa shape index (κ1) is 16.3. The van der Waals surface area contributed by atoms with Gasteiger partial charge in [0.25, 0.3) is 5.91 Å². The minimum absolute atomic E-state index is 0.0288. The van der Waals surface area contributed by atoms with Gasteiger partial charge in [0.2, 0.25) is 0 Å². The monoisotopic (exact) mass is 342 g/mol. The number of nitrogens with one attached hydrogen (secondary N) is 1. The lowest BCUT2D eigenvalue weighted by atomic mass is 10.3. The van der Waals surface area contributed by atoms with Crippen molar-refractivity contribution in [3.8, 4) is 11.5 Å². The van der Waals surface area contributed by atoms with E-state index in [1.165, 1.54) is 10.8 Å². The second-order valence-electron chi connectivity index (χ2n) is 5.29. The predicted molar refractivity (Wildman–Crippen MR) is 94.6 cm³/mol. The largest absolute Gasteiger partial charge is 0.504 e. The van der Waals surface area contributed by atoms with Crippen LogP contribution < -0.4 is 10.1 Å². The maximum Gasteiger partial charge on any atom is 0.257 e. The zero-order chi connectivity index (χ0) is 16.8. The van der Waals surface area contributed by atoms with Gasteiger partial charge in [0.05, 0.1) is 15.2 Å². The Labute approximate surface area is 143 Å². The summed E-state index contributed by atoms with van der Waals surface area (Å²) in [5, 5.41) is 13.4. The quantitative estimate of drug-likeness (QED) is 0.647. The third kappa shape index (κ3) is 4.23. The fourth-order valence-corrected chi connectivity index (χ4v) is 3.28. The number of aromatic hydroxyl groups is 1. The number of carbonyl (C=O) groups is 1. The number of rotatable bonds is 7. The summed E-state index contributed by atoms with van der Waals surface area (Å²) < 4.78 is 6.47. The first-order valence-electron chi connectivity index (χ1n) is 7.74. The number of benzene rings is 2. The number of phenolic OH excluding ortho intramolecular Hbond substituents is 1. The van der Waals surface area contributed by atoms with Crippen LogP contribution in [-0.2, 0) is 11.2 Å². The van der Waals surface area contributed by atoms with Crippen molar-refractivity contribution in [1.29, 1.82) is 0 Å². The number of fused-ring (bicyclic) bond motifs is 1. The van der Waals surface area contributed by atoms with Gasteiger partial charge in [0.15, 0.2) is 18.1 Å². The number of aromatic nitrogens is 1. The summed E-state index contributed by atoms with van der Waals surface area (Å²) in [5.74, 6) is 0.130. The lowest BCUT2D eigenvalue weighted by Crippen LogP contribution is -2.29. The number of nitrogens with zero attached hydrogens (tertiary/aromatic N) is 1. The second-order valence-corrected chi connectivity index (χ2v) is 6.40. The summed E-state index contributed by atoms with van der Waals surface area (Å²) in [4.78, 5) is 16.3. The number of ether oxygens (including phenoxy) is 1. The number of phenols is 1. The molecule has 0 aliphatic carbocycles. The van der Waals surface area contributed by atoms with E-state index < -0.39 is 0 Å². The molecule has 0 bridgehead atoms. The van der Waals surface area contributed by atoms with E-state index in [1.54, 1.807) is 29.5 Å². The number of para-hydroxylation sites is 3. The normalized spacial score (nSPS) is 10.7. The molecule has 0 fully saturated rings. The topological polar surface area (TPSA) is 71.5 Å². The Morgan fingerprint density at radius 3 is 2.79 bits per heavy atom. The van der Waals surface area contributed by atoms with Gasteiger partial charge in [-0.25, -0.2) is 4.98 Å². The van der Waals surface area contributed by atoms with E-state index in [4.69, 9.17) is 4.74 Å². The van der Waals surface area contributed by atoms with Gasteiger partial charge in [-0.05, 0) is 30.7 Å². The first-order chi connectivity index (χ1) is 11.7. The molecule has 1 heterocycles. The average Bonchev–Trinajstić information content (AvgIpc) is 3.01. The maximum atomic E-state index is 11.7. The molecular formula is C18H18N2O3S. The van der Waals surface area contributed by atoms with Gasteiger partial charge < -0.3 is 15.2 Å². The van der Waals surface area contributed by atoms with Crippen LogP contribution in [0.1, 0.15) is 11.4 Å². The van der Waals surface area contributed by atoms with Crippen molar-refractivity contribution in [2.45, 2.75) is 12.8 Å². The van der Waals surface area contributed by atoms with Gasteiger partial charge >= 0.3 is 0 Å². The number of hydrogen-bond acceptors (Lipinski definition) is 5.